The van der Waals surface area contributed by atoms with Crippen molar-refractivity contribution in [2.75, 3.05) is 26.1 Å². The lowest BCUT2D eigenvalue weighted by Crippen LogP contribution is -2.36. The number of carbonyl (C=O) groups is 3. The predicted molar refractivity (Wildman–Crippen MR) is 143 cm³/mol. The van der Waals surface area contributed by atoms with Crippen LogP contribution in [0.25, 0.3) is 6.08 Å². The number of alkyl halides is 3. The van der Waals surface area contributed by atoms with E-state index in [1.807, 2.05) is 0 Å². The van der Waals surface area contributed by atoms with E-state index in [9.17, 15) is 31.9 Å². The van der Waals surface area contributed by atoms with Gasteiger partial charge in [-0.1, -0.05) is 18.2 Å². The number of imide groups is 1. The summed E-state index contributed by atoms with van der Waals surface area (Å²) in [6.45, 7) is -0.565. The number of nitrogens with zero attached hydrogens (tertiary/aromatic N) is 1. The first-order chi connectivity index (χ1) is 19.5. The van der Waals surface area contributed by atoms with E-state index in [1.54, 1.807) is 30.3 Å². The minimum atomic E-state index is -4.65. The molecule has 0 saturated carbocycles. The lowest BCUT2D eigenvalue weighted by molar-refractivity contribution is -0.137. The number of thioether (sulfide) groups is 1. The summed E-state index contributed by atoms with van der Waals surface area (Å²) in [6.07, 6.45) is -3.22. The Morgan fingerprint density at radius 3 is 2.29 bits per heavy atom. The Kier molecular flexibility index (Phi) is 8.86. The first-order valence-electron chi connectivity index (χ1n) is 11.8. The number of hydrogen-bond donors (Lipinski definition) is 1. The van der Waals surface area contributed by atoms with Crippen LogP contribution in [-0.2, 0) is 22.4 Å². The molecule has 3 amide bonds. The van der Waals surface area contributed by atoms with Crippen molar-refractivity contribution in [1.82, 2.24) is 4.90 Å². The second kappa shape index (κ2) is 12.3. The quantitative estimate of drug-likeness (QED) is 0.237. The van der Waals surface area contributed by atoms with Crippen molar-refractivity contribution in [1.29, 1.82) is 0 Å². The molecule has 1 N–H and O–H groups in total. The molecule has 0 spiro atoms. The summed E-state index contributed by atoms with van der Waals surface area (Å²) in [4.78, 5) is 38.7. The summed E-state index contributed by atoms with van der Waals surface area (Å²) in [5, 5.41) is 1.54. The number of carbonyl (C=O) groups excluding carboxylic acids is 3. The fraction of sp³-hybridized carbons (Fsp3) is 0.179. The maximum Gasteiger partial charge on any atom is 0.416 e. The number of halogens is 4. The third-order valence-corrected chi connectivity index (χ3v) is 6.68. The topological polar surface area (TPSA) is 94.2 Å². The smallest absolute Gasteiger partial charge is 0.416 e. The Balaban J connectivity index is 1.44. The monoisotopic (exact) mass is 590 g/mol. The fourth-order valence-electron chi connectivity index (χ4n) is 3.74. The number of methoxy groups -OCH3 is 2. The van der Waals surface area contributed by atoms with Gasteiger partial charge in [-0.25, -0.2) is 4.39 Å². The Labute approximate surface area is 235 Å². The van der Waals surface area contributed by atoms with Crippen LogP contribution in [0.2, 0.25) is 0 Å². The summed E-state index contributed by atoms with van der Waals surface area (Å²) in [6, 6.07) is 13.2. The van der Waals surface area contributed by atoms with Crippen molar-refractivity contribution in [2.45, 2.75) is 12.8 Å². The van der Waals surface area contributed by atoms with Crippen LogP contribution in [0, 0.1) is 5.82 Å². The van der Waals surface area contributed by atoms with E-state index in [-0.39, 0.29) is 28.8 Å². The van der Waals surface area contributed by atoms with Gasteiger partial charge in [0.05, 0.1) is 30.4 Å². The molecule has 1 saturated heterocycles. The number of amides is 3. The number of rotatable bonds is 9. The summed E-state index contributed by atoms with van der Waals surface area (Å²) < 4.78 is 68.5. The SMILES string of the molecule is COc1ccc(C(F)(F)F)cc1NC(=O)CN1C(=O)S/C(=C\c2ccc(OCc3ccc(F)cc3)c(OC)c2)C1=O. The van der Waals surface area contributed by atoms with Gasteiger partial charge in [0.25, 0.3) is 11.1 Å². The average Bonchev–Trinajstić information content (AvgIpc) is 3.19. The third kappa shape index (κ3) is 7.17. The van der Waals surface area contributed by atoms with Gasteiger partial charge in [0.1, 0.15) is 24.7 Å². The van der Waals surface area contributed by atoms with Crippen LogP contribution in [0.1, 0.15) is 16.7 Å². The minimum Gasteiger partial charge on any atom is -0.495 e. The first kappa shape index (κ1) is 29.5. The molecule has 1 aliphatic heterocycles. The average molecular weight is 591 g/mol. The van der Waals surface area contributed by atoms with Gasteiger partial charge in [0, 0.05) is 0 Å². The van der Waals surface area contributed by atoms with Crippen LogP contribution in [0.4, 0.5) is 28.0 Å². The highest BCUT2D eigenvalue weighted by atomic mass is 32.2. The van der Waals surface area contributed by atoms with E-state index in [0.29, 0.717) is 39.8 Å². The number of anilines is 1. The lowest BCUT2D eigenvalue weighted by Gasteiger charge is -2.16. The summed E-state index contributed by atoms with van der Waals surface area (Å²) in [5.41, 5.74) is -0.0324. The molecule has 3 aromatic carbocycles. The number of hydrogen-bond acceptors (Lipinski definition) is 7. The Hall–Kier alpha value is -4.52. The van der Waals surface area contributed by atoms with E-state index in [1.165, 1.54) is 32.4 Å². The number of ether oxygens (including phenoxy) is 3. The molecule has 0 bridgehead atoms. The van der Waals surface area contributed by atoms with Crippen molar-refractivity contribution < 1.29 is 46.2 Å². The maximum absolute atomic E-state index is 13.1. The molecule has 0 unspecified atom stereocenters. The zero-order chi connectivity index (χ0) is 29.7. The van der Waals surface area contributed by atoms with Gasteiger partial charge in [-0.3, -0.25) is 19.3 Å². The molecule has 0 radical (unpaired) electrons. The van der Waals surface area contributed by atoms with E-state index >= 15 is 0 Å². The van der Waals surface area contributed by atoms with E-state index in [4.69, 9.17) is 14.2 Å². The van der Waals surface area contributed by atoms with Gasteiger partial charge in [0.15, 0.2) is 11.5 Å². The van der Waals surface area contributed by atoms with Crippen molar-refractivity contribution in [3.63, 3.8) is 0 Å². The Bertz CT molecular complexity index is 1510. The van der Waals surface area contributed by atoms with Gasteiger partial charge >= 0.3 is 6.18 Å². The molecule has 1 heterocycles. The summed E-state index contributed by atoms with van der Waals surface area (Å²) in [7, 11) is 2.65. The van der Waals surface area contributed by atoms with E-state index in [0.717, 1.165) is 17.7 Å². The lowest BCUT2D eigenvalue weighted by atomic mass is 10.1. The molecule has 41 heavy (non-hydrogen) atoms. The first-order valence-corrected chi connectivity index (χ1v) is 12.7. The van der Waals surface area contributed by atoms with Crippen LogP contribution >= 0.6 is 11.8 Å². The maximum atomic E-state index is 13.1. The number of nitrogens with one attached hydrogen (secondary N) is 1. The Morgan fingerprint density at radius 1 is 0.951 bits per heavy atom. The highest BCUT2D eigenvalue weighted by Crippen LogP contribution is 2.36. The summed E-state index contributed by atoms with van der Waals surface area (Å²) in [5.74, 6) is -1.30. The second-order valence-electron chi connectivity index (χ2n) is 8.55. The highest BCUT2D eigenvalue weighted by Gasteiger charge is 2.37. The molecule has 4 rings (SSSR count). The molecule has 13 heteroatoms. The van der Waals surface area contributed by atoms with Gasteiger partial charge in [-0.2, -0.15) is 13.2 Å². The zero-order valence-electron chi connectivity index (χ0n) is 21.6. The molecular weight excluding hydrogens is 568 g/mol. The fourth-order valence-corrected chi connectivity index (χ4v) is 4.58. The van der Waals surface area contributed by atoms with Gasteiger partial charge < -0.3 is 19.5 Å². The second-order valence-corrected chi connectivity index (χ2v) is 9.55. The number of benzene rings is 3. The molecule has 0 aromatic heterocycles. The minimum absolute atomic E-state index is 0.0283. The van der Waals surface area contributed by atoms with Crippen molar-refractivity contribution in [3.05, 3.63) is 88.1 Å². The largest absolute Gasteiger partial charge is 0.495 e. The molecular formula is C28H22F4N2O6S. The van der Waals surface area contributed by atoms with Crippen LogP contribution in [0.3, 0.4) is 0 Å². The van der Waals surface area contributed by atoms with Gasteiger partial charge in [0.2, 0.25) is 5.91 Å². The third-order valence-electron chi connectivity index (χ3n) is 5.77. The molecule has 8 nitrogen and oxygen atoms in total. The zero-order valence-corrected chi connectivity index (χ0v) is 22.4. The van der Waals surface area contributed by atoms with Crippen LogP contribution in [0.15, 0.2) is 65.6 Å². The van der Waals surface area contributed by atoms with Crippen molar-refractivity contribution in [3.8, 4) is 17.2 Å². The van der Waals surface area contributed by atoms with Gasteiger partial charge in [-0.05, 0) is 71.4 Å². The molecule has 0 aliphatic carbocycles. The standard InChI is InChI=1S/C28H22F4N2O6S/c1-38-21-10-6-18(28(30,31)32)13-20(21)33-25(35)14-34-26(36)24(41-27(34)37)12-17-5-9-22(23(11-17)39-2)40-15-16-3-7-19(29)8-4-16/h3-13H,14-15H2,1-2H3,(H,33,35)/b24-12-. The van der Waals surface area contributed by atoms with Crippen LogP contribution in [-0.4, -0.2) is 42.7 Å². The molecule has 1 aliphatic rings. The van der Waals surface area contributed by atoms with Crippen LogP contribution < -0.4 is 19.5 Å². The molecule has 1 fully saturated rings. The normalized spacial score (nSPS) is 14.4. The Morgan fingerprint density at radius 2 is 1.63 bits per heavy atom. The van der Waals surface area contributed by atoms with E-state index in [2.05, 4.69) is 5.32 Å². The van der Waals surface area contributed by atoms with E-state index < -0.39 is 35.3 Å². The van der Waals surface area contributed by atoms with Gasteiger partial charge in [-0.15, -0.1) is 0 Å². The van der Waals surface area contributed by atoms with Crippen molar-refractivity contribution in [2.24, 2.45) is 0 Å². The predicted octanol–water partition coefficient (Wildman–Crippen LogP) is 6.12. The summed E-state index contributed by atoms with van der Waals surface area (Å²) >= 11 is 0.607. The van der Waals surface area contributed by atoms with Crippen molar-refractivity contribution >= 4 is 40.6 Å². The molecule has 3 aromatic rings. The van der Waals surface area contributed by atoms with Crippen LogP contribution in [0.5, 0.6) is 17.2 Å². The highest BCUT2D eigenvalue weighted by molar-refractivity contribution is 8.18. The molecule has 214 valence electrons. The molecule has 0 atom stereocenters.